The molecule has 0 saturated heterocycles. The SMILES string of the molecule is CCCCCCCCc1ccc2c(F)c(-c3ccc(OCCCCCC)cc3)c(F)cc2c1F. The summed E-state index contributed by atoms with van der Waals surface area (Å²) in [6, 6.07) is 11.1. The molecule has 0 aromatic heterocycles. The number of aryl methyl sites for hydroxylation is 1. The van der Waals surface area contributed by atoms with E-state index in [-0.39, 0.29) is 16.3 Å². The van der Waals surface area contributed by atoms with Crippen LogP contribution in [0.15, 0.2) is 42.5 Å². The van der Waals surface area contributed by atoms with Crippen LogP contribution in [-0.4, -0.2) is 6.61 Å². The highest BCUT2D eigenvalue weighted by molar-refractivity contribution is 5.89. The lowest BCUT2D eigenvalue weighted by molar-refractivity contribution is 0.305. The molecule has 0 bridgehead atoms. The van der Waals surface area contributed by atoms with Gasteiger partial charge in [0.2, 0.25) is 0 Å². The molecule has 0 spiro atoms. The highest BCUT2D eigenvalue weighted by Crippen LogP contribution is 2.35. The molecule has 4 heteroatoms. The molecule has 0 aliphatic rings. The second-order valence-electron chi connectivity index (χ2n) is 9.13. The molecule has 1 nitrogen and oxygen atoms in total. The van der Waals surface area contributed by atoms with E-state index in [9.17, 15) is 4.39 Å². The minimum Gasteiger partial charge on any atom is -0.494 e. The first-order valence-electron chi connectivity index (χ1n) is 12.9. The fourth-order valence-corrected chi connectivity index (χ4v) is 4.40. The molecule has 0 saturated carbocycles. The average Bonchev–Trinajstić information content (AvgIpc) is 2.84. The molecular weight excluding hydrogens is 433 g/mol. The second-order valence-corrected chi connectivity index (χ2v) is 9.13. The van der Waals surface area contributed by atoms with Gasteiger partial charge in [-0.2, -0.15) is 0 Å². The maximum Gasteiger partial charge on any atom is 0.141 e. The molecule has 0 amide bonds. The first-order chi connectivity index (χ1) is 16.6. The number of fused-ring (bicyclic) bond motifs is 1. The predicted molar refractivity (Wildman–Crippen MR) is 136 cm³/mol. The van der Waals surface area contributed by atoms with Gasteiger partial charge in [-0.15, -0.1) is 0 Å². The largest absolute Gasteiger partial charge is 0.494 e. The average molecular weight is 471 g/mol. The van der Waals surface area contributed by atoms with Crippen LogP contribution in [0, 0.1) is 17.5 Å². The number of ether oxygens (including phenoxy) is 1. The normalized spacial score (nSPS) is 11.3. The van der Waals surface area contributed by atoms with Crippen LogP contribution in [0.2, 0.25) is 0 Å². The molecular formula is C30H37F3O. The summed E-state index contributed by atoms with van der Waals surface area (Å²) in [7, 11) is 0. The van der Waals surface area contributed by atoms with Crippen LogP contribution in [0.3, 0.4) is 0 Å². The Bertz CT molecular complexity index is 1040. The smallest absolute Gasteiger partial charge is 0.141 e. The summed E-state index contributed by atoms with van der Waals surface area (Å²) in [5.41, 5.74) is 0.798. The van der Waals surface area contributed by atoms with Gasteiger partial charge in [-0.25, -0.2) is 13.2 Å². The van der Waals surface area contributed by atoms with Crippen molar-refractivity contribution in [3.05, 3.63) is 65.5 Å². The zero-order chi connectivity index (χ0) is 24.3. The van der Waals surface area contributed by atoms with Gasteiger partial charge in [0, 0.05) is 10.8 Å². The van der Waals surface area contributed by atoms with E-state index in [1.165, 1.54) is 32.1 Å². The lowest BCUT2D eigenvalue weighted by Crippen LogP contribution is -1.99. The predicted octanol–water partition coefficient (Wildman–Crippen LogP) is 9.79. The molecule has 0 N–H and O–H groups in total. The maximum absolute atomic E-state index is 15.3. The summed E-state index contributed by atoms with van der Waals surface area (Å²) in [4.78, 5) is 0. The van der Waals surface area contributed by atoms with Crippen molar-refractivity contribution in [2.75, 3.05) is 6.61 Å². The van der Waals surface area contributed by atoms with E-state index in [1.54, 1.807) is 36.4 Å². The molecule has 3 aromatic rings. The molecule has 0 radical (unpaired) electrons. The van der Waals surface area contributed by atoms with Gasteiger partial charge in [-0.3, -0.25) is 0 Å². The Hall–Kier alpha value is -2.49. The minimum absolute atomic E-state index is 0.00858. The Kier molecular flexibility index (Phi) is 10.3. The fraction of sp³-hybridized carbons (Fsp3) is 0.467. The Morgan fingerprint density at radius 3 is 2.00 bits per heavy atom. The van der Waals surface area contributed by atoms with Crippen molar-refractivity contribution in [1.82, 2.24) is 0 Å². The zero-order valence-corrected chi connectivity index (χ0v) is 20.6. The quantitative estimate of drug-likeness (QED) is 0.213. The molecule has 0 aliphatic heterocycles. The summed E-state index contributed by atoms with van der Waals surface area (Å²) in [6.07, 6.45) is 11.7. The second kappa shape index (κ2) is 13.4. The Morgan fingerprint density at radius 2 is 1.29 bits per heavy atom. The van der Waals surface area contributed by atoms with Crippen LogP contribution in [0.25, 0.3) is 21.9 Å². The number of unbranched alkanes of at least 4 members (excludes halogenated alkanes) is 8. The summed E-state index contributed by atoms with van der Waals surface area (Å²) in [6.45, 7) is 4.96. The van der Waals surface area contributed by atoms with Gasteiger partial charge in [0.05, 0.1) is 12.2 Å². The van der Waals surface area contributed by atoms with Crippen molar-refractivity contribution in [1.29, 1.82) is 0 Å². The number of benzene rings is 3. The topological polar surface area (TPSA) is 9.23 Å². The van der Waals surface area contributed by atoms with Crippen molar-refractivity contribution < 1.29 is 17.9 Å². The van der Waals surface area contributed by atoms with Crippen LogP contribution in [-0.2, 0) is 6.42 Å². The number of rotatable bonds is 14. The summed E-state index contributed by atoms with van der Waals surface area (Å²) < 4.78 is 51.1. The monoisotopic (exact) mass is 470 g/mol. The van der Waals surface area contributed by atoms with E-state index in [0.29, 0.717) is 29.9 Å². The van der Waals surface area contributed by atoms with Crippen molar-refractivity contribution in [2.45, 2.75) is 84.5 Å². The lowest BCUT2D eigenvalue weighted by Gasteiger charge is -2.12. The van der Waals surface area contributed by atoms with Crippen molar-refractivity contribution in [2.24, 2.45) is 0 Å². The van der Waals surface area contributed by atoms with Crippen molar-refractivity contribution in [3.8, 4) is 16.9 Å². The van der Waals surface area contributed by atoms with E-state index in [0.717, 1.165) is 38.2 Å². The molecule has 0 aliphatic carbocycles. The Labute approximate surface area is 202 Å². The van der Waals surface area contributed by atoms with Gasteiger partial charge >= 0.3 is 0 Å². The molecule has 3 aromatic carbocycles. The van der Waals surface area contributed by atoms with Crippen LogP contribution in [0.1, 0.15) is 83.6 Å². The van der Waals surface area contributed by atoms with E-state index in [4.69, 9.17) is 4.74 Å². The number of hydrogen-bond acceptors (Lipinski definition) is 1. The van der Waals surface area contributed by atoms with Gasteiger partial charge in [-0.05, 0) is 48.6 Å². The molecule has 184 valence electrons. The van der Waals surface area contributed by atoms with Crippen LogP contribution < -0.4 is 4.74 Å². The lowest BCUT2D eigenvalue weighted by atomic mass is 9.96. The van der Waals surface area contributed by atoms with Crippen molar-refractivity contribution in [3.63, 3.8) is 0 Å². The molecule has 0 heterocycles. The highest BCUT2D eigenvalue weighted by atomic mass is 19.1. The van der Waals surface area contributed by atoms with Gasteiger partial charge in [-0.1, -0.05) is 89.5 Å². The number of hydrogen-bond donors (Lipinski definition) is 0. The minimum atomic E-state index is -0.756. The van der Waals surface area contributed by atoms with E-state index < -0.39 is 17.5 Å². The third kappa shape index (κ3) is 6.77. The highest BCUT2D eigenvalue weighted by Gasteiger charge is 2.19. The molecule has 0 atom stereocenters. The van der Waals surface area contributed by atoms with E-state index in [2.05, 4.69) is 13.8 Å². The van der Waals surface area contributed by atoms with Crippen molar-refractivity contribution >= 4 is 10.8 Å². The van der Waals surface area contributed by atoms with E-state index >= 15 is 8.78 Å². The van der Waals surface area contributed by atoms with Crippen LogP contribution >= 0.6 is 0 Å². The van der Waals surface area contributed by atoms with Gasteiger partial charge < -0.3 is 4.74 Å². The van der Waals surface area contributed by atoms with Gasteiger partial charge in [0.1, 0.15) is 23.2 Å². The first kappa shape index (κ1) is 26.1. The number of halogens is 3. The van der Waals surface area contributed by atoms with Crippen LogP contribution in [0.5, 0.6) is 5.75 Å². The summed E-state index contributed by atoms with van der Waals surface area (Å²) in [5.74, 6) is -1.32. The summed E-state index contributed by atoms with van der Waals surface area (Å²) in [5, 5.41) is 0.117. The standard InChI is InChI=1S/C30H37F3O/c1-3-5-7-9-10-11-13-23-16-19-25-26(29(23)32)21-27(31)28(30(25)33)22-14-17-24(18-15-22)34-20-12-8-6-4-2/h14-19,21H,3-13,20H2,1-2H3. The maximum atomic E-state index is 15.3. The van der Waals surface area contributed by atoms with E-state index in [1.807, 2.05) is 0 Å². The third-order valence-electron chi connectivity index (χ3n) is 6.43. The van der Waals surface area contributed by atoms with Gasteiger partial charge in [0.25, 0.3) is 0 Å². The molecule has 3 rings (SSSR count). The molecule has 34 heavy (non-hydrogen) atoms. The third-order valence-corrected chi connectivity index (χ3v) is 6.43. The molecule has 0 unspecified atom stereocenters. The fourth-order valence-electron chi connectivity index (χ4n) is 4.40. The molecule has 0 fully saturated rings. The van der Waals surface area contributed by atoms with Gasteiger partial charge in [0.15, 0.2) is 0 Å². The summed E-state index contributed by atoms with van der Waals surface area (Å²) >= 11 is 0. The Balaban J connectivity index is 1.73. The van der Waals surface area contributed by atoms with Crippen LogP contribution in [0.4, 0.5) is 13.2 Å². The zero-order valence-electron chi connectivity index (χ0n) is 20.6. The Morgan fingerprint density at radius 1 is 0.647 bits per heavy atom. The first-order valence-corrected chi connectivity index (χ1v) is 12.9.